The van der Waals surface area contributed by atoms with Crippen LogP contribution in [0.25, 0.3) is 0 Å². The van der Waals surface area contributed by atoms with Crippen LogP contribution in [0.5, 0.6) is 0 Å². The fraction of sp³-hybridized carbons (Fsp3) is 0.786. The topological polar surface area (TPSA) is 26.3 Å². The Bertz CT molecular complexity index is 282. The Morgan fingerprint density at radius 1 is 1.44 bits per heavy atom. The number of fused-ring (bicyclic) bond motifs is 2. The number of hydrogen-bond acceptors (Lipinski definition) is 2. The molecule has 1 saturated carbocycles. The van der Waals surface area contributed by atoms with Crippen molar-refractivity contribution in [1.29, 1.82) is 0 Å². The van der Waals surface area contributed by atoms with Gasteiger partial charge in [0.2, 0.25) is 0 Å². The van der Waals surface area contributed by atoms with Crippen molar-refractivity contribution in [1.82, 2.24) is 0 Å². The van der Waals surface area contributed by atoms with Crippen LogP contribution in [0.1, 0.15) is 51.9 Å². The molecule has 16 heavy (non-hydrogen) atoms. The van der Waals surface area contributed by atoms with Gasteiger partial charge in [-0.2, -0.15) is 0 Å². The molecule has 0 spiro atoms. The predicted molar refractivity (Wildman–Crippen MR) is 64.0 cm³/mol. The van der Waals surface area contributed by atoms with Crippen LogP contribution >= 0.6 is 0 Å². The van der Waals surface area contributed by atoms with Crippen molar-refractivity contribution in [2.24, 2.45) is 11.3 Å². The molecule has 2 unspecified atom stereocenters. The first-order valence-corrected chi connectivity index (χ1v) is 6.63. The maximum absolute atomic E-state index is 12.0. The van der Waals surface area contributed by atoms with Crippen molar-refractivity contribution in [3.63, 3.8) is 0 Å². The van der Waals surface area contributed by atoms with Gasteiger partial charge in [0.25, 0.3) is 0 Å². The van der Waals surface area contributed by atoms with Crippen molar-refractivity contribution in [2.75, 3.05) is 6.61 Å². The summed E-state index contributed by atoms with van der Waals surface area (Å²) in [6, 6.07) is 0. The Morgan fingerprint density at radius 3 is 2.88 bits per heavy atom. The molecule has 90 valence electrons. The summed E-state index contributed by atoms with van der Waals surface area (Å²) in [4.78, 5) is 12.0. The van der Waals surface area contributed by atoms with Gasteiger partial charge in [-0.3, -0.25) is 4.79 Å². The van der Waals surface area contributed by atoms with E-state index < -0.39 is 0 Å². The molecule has 0 aromatic rings. The molecule has 2 atom stereocenters. The van der Waals surface area contributed by atoms with Gasteiger partial charge in [0.1, 0.15) is 0 Å². The Morgan fingerprint density at radius 2 is 2.31 bits per heavy atom. The molecule has 2 nitrogen and oxygen atoms in total. The smallest absolute Gasteiger partial charge is 0.315 e. The standard InChI is InChI=1S/C14H22O2/c1-2-3-4-5-10-16-13(15)14-8-6-12(11-14)7-9-14/h6,8,12H,2-5,7,9-11H2,1H3. The third-order valence-corrected chi connectivity index (χ3v) is 3.91. The number of carbonyl (C=O) groups excluding carboxylic acids is 1. The van der Waals surface area contributed by atoms with E-state index in [0.29, 0.717) is 12.5 Å². The second-order valence-electron chi connectivity index (χ2n) is 5.21. The minimum absolute atomic E-state index is 0.0280. The highest BCUT2D eigenvalue weighted by Gasteiger charge is 2.47. The molecule has 1 fully saturated rings. The summed E-state index contributed by atoms with van der Waals surface area (Å²) in [5.74, 6) is 0.674. The van der Waals surface area contributed by atoms with Crippen LogP contribution in [0.4, 0.5) is 0 Å². The summed E-state index contributed by atoms with van der Waals surface area (Å²) in [6.07, 6.45) is 12.1. The number of carbonyl (C=O) groups is 1. The van der Waals surface area contributed by atoms with Crippen LogP contribution in [-0.4, -0.2) is 12.6 Å². The lowest BCUT2D eigenvalue weighted by molar-refractivity contribution is -0.152. The maximum Gasteiger partial charge on any atom is 0.315 e. The second-order valence-corrected chi connectivity index (χ2v) is 5.21. The van der Waals surface area contributed by atoms with E-state index in [1.165, 1.54) is 25.7 Å². The van der Waals surface area contributed by atoms with Crippen LogP contribution in [0.2, 0.25) is 0 Å². The summed E-state index contributed by atoms with van der Waals surface area (Å²) < 4.78 is 5.40. The van der Waals surface area contributed by atoms with E-state index in [1.807, 2.05) is 0 Å². The highest BCUT2D eigenvalue weighted by molar-refractivity contribution is 5.80. The minimum atomic E-state index is -0.227. The normalized spacial score (nSPS) is 30.9. The molecule has 0 heterocycles. The zero-order chi connectivity index (χ0) is 11.4. The van der Waals surface area contributed by atoms with Gasteiger partial charge in [-0.15, -0.1) is 0 Å². The third-order valence-electron chi connectivity index (χ3n) is 3.91. The molecule has 2 aliphatic rings. The van der Waals surface area contributed by atoms with Gasteiger partial charge >= 0.3 is 5.97 Å². The Labute approximate surface area is 98.1 Å². The van der Waals surface area contributed by atoms with Crippen molar-refractivity contribution in [3.8, 4) is 0 Å². The van der Waals surface area contributed by atoms with E-state index in [2.05, 4.69) is 19.1 Å². The summed E-state index contributed by atoms with van der Waals surface area (Å²) in [5, 5.41) is 0. The third kappa shape index (κ3) is 2.31. The lowest BCUT2D eigenvalue weighted by Gasteiger charge is -2.21. The lowest BCUT2D eigenvalue weighted by atomic mass is 9.88. The molecule has 2 rings (SSSR count). The largest absolute Gasteiger partial charge is 0.465 e. The fourth-order valence-corrected chi connectivity index (χ4v) is 2.84. The van der Waals surface area contributed by atoms with E-state index in [-0.39, 0.29) is 11.4 Å². The molecule has 0 N–H and O–H groups in total. The average Bonchev–Trinajstić information content (AvgIpc) is 2.90. The molecule has 2 heteroatoms. The van der Waals surface area contributed by atoms with Gasteiger partial charge in [-0.25, -0.2) is 0 Å². The Kier molecular flexibility index (Phi) is 3.67. The molecule has 0 saturated heterocycles. The first-order chi connectivity index (χ1) is 7.77. The Hall–Kier alpha value is -0.790. The number of ether oxygens (including phenoxy) is 1. The second kappa shape index (κ2) is 5.03. The summed E-state index contributed by atoms with van der Waals surface area (Å²) >= 11 is 0. The van der Waals surface area contributed by atoms with Crippen molar-refractivity contribution in [2.45, 2.75) is 51.9 Å². The summed E-state index contributed by atoms with van der Waals surface area (Å²) in [7, 11) is 0. The molecule has 0 amide bonds. The van der Waals surface area contributed by atoms with Gasteiger partial charge in [-0.05, 0) is 31.6 Å². The van der Waals surface area contributed by atoms with Gasteiger partial charge in [0, 0.05) is 0 Å². The van der Waals surface area contributed by atoms with E-state index >= 15 is 0 Å². The average molecular weight is 222 g/mol. The molecular formula is C14H22O2. The van der Waals surface area contributed by atoms with Crippen LogP contribution in [0, 0.1) is 11.3 Å². The Balaban J connectivity index is 1.70. The quantitative estimate of drug-likeness (QED) is 0.391. The predicted octanol–water partition coefficient (Wildman–Crippen LogP) is 3.47. The highest BCUT2D eigenvalue weighted by Crippen LogP contribution is 2.49. The minimum Gasteiger partial charge on any atom is -0.465 e. The van der Waals surface area contributed by atoms with Crippen LogP contribution in [0.15, 0.2) is 12.2 Å². The molecular weight excluding hydrogens is 200 g/mol. The molecule has 0 aromatic carbocycles. The van der Waals surface area contributed by atoms with E-state index in [9.17, 15) is 4.79 Å². The fourth-order valence-electron chi connectivity index (χ4n) is 2.84. The molecule has 2 aliphatic carbocycles. The lowest BCUT2D eigenvalue weighted by Crippen LogP contribution is -2.27. The van der Waals surface area contributed by atoms with E-state index in [1.54, 1.807) is 0 Å². The number of allylic oxidation sites excluding steroid dienone is 1. The van der Waals surface area contributed by atoms with Crippen LogP contribution in [-0.2, 0) is 9.53 Å². The van der Waals surface area contributed by atoms with Crippen LogP contribution < -0.4 is 0 Å². The first-order valence-electron chi connectivity index (χ1n) is 6.63. The zero-order valence-corrected chi connectivity index (χ0v) is 10.2. The van der Waals surface area contributed by atoms with Gasteiger partial charge in [-0.1, -0.05) is 38.3 Å². The number of rotatable bonds is 6. The zero-order valence-electron chi connectivity index (χ0n) is 10.2. The van der Waals surface area contributed by atoms with E-state index in [4.69, 9.17) is 4.74 Å². The van der Waals surface area contributed by atoms with E-state index in [0.717, 1.165) is 19.3 Å². The van der Waals surface area contributed by atoms with Crippen molar-refractivity contribution in [3.05, 3.63) is 12.2 Å². The highest BCUT2D eigenvalue weighted by atomic mass is 16.5. The maximum atomic E-state index is 12.0. The number of unbranched alkanes of at least 4 members (excludes halogenated alkanes) is 3. The summed E-state index contributed by atoms with van der Waals surface area (Å²) in [5.41, 5.74) is -0.227. The van der Waals surface area contributed by atoms with Crippen molar-refractivity contribution < 1.29 is 9.53 Å². The number of hydrogen-bond donors (Lipinski definition) is 0. The van der Waals surface area contributed by atoms with Crippen LogP contribution in [0.3, 0.4) is 0 Å². The molecule has 0 aromatic heterocycles. The molecule has 2 bridgehead atoms. The molecule has 0 radical (unpaired) electrons. The summed E-state index contributed by atoms with van der Waals surface area (Å²) in [6.45, 7) is 2.80. The first kappa shape index (κ1) is 11.7. The molecule has 0 aliphatic heterocycles. The number of esters is 1. The van der Waals surface area contributed by atoms with Gasteiger partial charge < -0.3 is 4.74 Å². The SMILES string of the molecule is CCCCCCOC(=O)C12C=CC(CC1)C2. The van der Waals surface area contributed by atoms with Crippen molar-refractivity contribution >= 4 is 5.97 Å². The van der Waals surface area contributed by atoms with Gasteiger partial charge in [0.15, 0.2) is 0 Å². The monoisotopic (exact) mass is 222 g/mol. The van der Waals surface area contributed by atoms with Gasteiger partial charge in [0.05, 0.1) is 12.0 Å².